The fraction of sp³-hybridized carbons (Fsp3) is 0.188. The summed E-state index contributed by atoms with van der Waals surface area (Å²) in [4.78, 5) is 12.5. The second kappa shape index (κ2) is 6.12. The molecule has 0 radical (unpaired) electrons. The third kappa shape index (κ3) is 3.03. The van der Waals surface area contributed by atoms with Crippen molar-refractivity contribution in [3.8, 4) is 17.2 Å². The monoisotopic (exact) mass is 321 g/mol. The summed E-state index contributed by atoms with van der Waals surface area (Å²) in [6, 6.07) is 9.51. The van der Waals surface area contributed by atoms with E-state index in [0.717, 1.165) is 0 Å². The Labute approximate surface area is 130 Å². The van der Waals surface area contributed by atoms with Crippen molar-refractivity contribution in [2.75, 3.05) is 12.1 Å². The first kappa shape index (κ1) is 15.1. The highest BCUT2D eigenvalue weighted by Crippen LogP contribution is 2.36. The van der Waals surface area contributed by atoms with E-state index in [2.05, 4.69) is 10.1 Å². The summed E-state index contributed by atoms with van der Waals surface area (Å²) in [6.45, 7) is -1.27. The van der Waals surface area contributed by atoms with Gasteiger partial charge in [0.25, 0.3) is 5.91 Å². The number of halogens is 2. The molecular formula is C16H13F2NO4. The molecule has 2 aromatic carbocycles. The van der Waals surface area contributed by atoms with E-state index in [-0.39, 0.29) is 23.8 Å². The maximum absolute atomic E-state index is 12.5. The summed E-state index contributed by atoms with van der Waals surface area (Å²) in [6.07, 6.45) is 0. The number of nitrogens with one attached hydrogen (secondary N) is 1. The molecule has 1 amide bonds. The molecule has 1 N–H and O–H groups in total. The van der Waals surface area contributed by atoms with Crippen LogP contribution in [0.1, 0.15) is 15.9 Å². The molecule has 0 aromatic heterocycles. The minimum atomic E-state index is -2.98. The maximum atomic E-state index is 12.5. The van der Waals surface area contributed by atoms with Crippen molar-refractivity contribution in [2.24, 2.45) is 0 Å². The molecule has 0 saturated carbocycles. The van der Waals surface area contributed by atoms with E-state index in [0.29, 0.717) is 17.1 Å². The average molecular weight is 321 g/mol. The van der Waals surface area contributed by atoms with Crippen LogP contribution in [-0.2, 0) is 0 Å². The normalized spacial score (nSPS) is 12.3. The highest BCUT2D eigenvalue weighted by Gasteiger charge is 2.23. The lowest BCUT2D eigenvalue weighted by Crippen LogP contribution is -2.15. The first-order chi connectivity index (χ1) is 11.1. The van der Waals surface area contributed by atoms with Gasteiger partial charge in [-0.1, -0.05) is 18.2 Å². The van der Waals surface area contributed by atoms with E-state index in [1.54, 1.807) is 37.3 Å². The smallest absolute Gasteiger partial charge is 0.387 e. The van der Waals surface area contributed by atoms with Crippen LogP contribution >= 0.6 is 0 Å². The van der Waals surface area contributed by atoms with Gasteiger partial charge >= 0.3 is 6.61 Å². The van der Waals surface area contributed by atoms with Crippen LogP contribution in [0.5, 0.6) is 17.2 Å². The molecule has 120 valence electrons. The molecule has 5 nitrogen and oxygen atoms in total. The molecule has 0 fully saturated rings. The average Bonchev–Trinajstić information content (AvgIpc) is 2.98. The van der Waals surface area contributed by atoms with E-state index in [1.807, 2.05) is 0 Å². The molecular weight excluding hydrogens is 308 g/mol. The van der Waals surface area contributed by atoms with Crippen molar-refractivity contribution in [3.63, 3.8) is 0 Å². The predicted molar refractivity (Wildman–Crippen MR) is 78.3 cm³/mol. The van der Waals surface area contributed by atoms with Crippen LogP contribution in [0.15, 0.2) is 36.4 Å². The quantitative estimate of drug-likeness (QED) is 0.935. The molecule has 3 rings (SSSR count). The van der Waals surface area contributed by atoms with Crippen LogP contribution in [0.2, 0.25) is 0 Å². The second-order valence-electron chi connectivity index (χ2n) is 4.82. The Kier molecular flexibility index (Phi) is 4.01. The van der Waals surface area contributed by atoms with Gasteiger partial charge in [-0.3, -0.25) is 4.79 Å². The summed E-state index contributed by atoms with van der Waals surface area (Å²) in [5, 5.41) is 2.60. The molecule has 0 unspecified atom stereocenters. The van der Waals surface area contributed by atoms with Crippen LogP contribution in [0.4, 0.5) is 14.5 Å². The van der Waals surface area contributed by atoms with E-state index in [1.165, 1.54) is 6.07 Å². The van der Waals surface area contributed by atoms with Crippen molar-refractivity contribution in [2.45, 2.75) is 13.5 Å². The predicted octanol–water partition coefficient (Wildman–Crippen LogP) is 3.58. The van der Waals surface area contributed by atoms with Crippen molar-refractivity contribution < 1.29 is 27.8 Å². The lowest BCUT2D eigenvalue weighted by Gasteiger charge is -2.14. The number of anilines is 1. The summed E-state index contributed by atoms with van der Waals surface area (Å²) in [7, 11) is 0. The van der Waals surface area contributed by atoms with Crippen LogP contribution in [0, 0.1) is 6.92 Å². The molecule has 7 heteroatoms. The van der Waals surface area contributed by atoms with Crippen molar-refractivity contribution >= 4 is 11.6 Å². The van der Waals surface area contributed by atoms with Gasteiger partial charge in [0.2, 0.25) is 6.79 Å². The largest absolute Gasteiger partial charge is 0.454 e. The zero-order valence-corrected chi connectivity index (χ0v) is 12.1. The van der Waals surface area contributed by atoms with Crippen molar-refractivity contribution in [3.05, 3.63) is 47.5 Å². The van der Waals surface area contributed by atoms with Crippen molar-refractivity contribution in [1.29, 1.82) is 0 Å². The number of hydrogen-bond acceptors (Lipinski definition) is 4. The number of carbonyl (C=O) groups excluding carboxylic acids is 1. The number of aryl methyl sites for hydroxylation is 1. The minimum absolute atomic E-state index is 0.0315. The molecule has 0 spiro atoms. The minimum Gasteiger partial charge on any atom is -0.454 e. The molecule has 1 aliphatic heterocycles. The van der Waals surface area contributed by atoms with E-state index in [4.69, 9.17) is 9.47 Å². The Hall–Kier alpha value is -2.83. The maximum Gasteiger partial charge on any atom is 0.387 e. The first-order valence-corrected chi connectivity index (χ1v) is 6.80. The summed E-state index contributed by atoms with van der Waals surface area (Å²) in [5.41, 5.74) is 1.04. The second-order valence-corrected chi connectivity index (χ2v) is 4.82. The Morgan fingerprint density at radius 3 is 2.78 bits per heavy atom. The molecule has 1 aliphatic rings. The fourth-order valence-corrected chi connectivity index (χ4v) is 2.29. The first-order valence-electron chi connectivity index (χ1n) is 6.80. The van der Waals surface area contributed by atoms with Crippen LogP contribution in [0.25, 0.3) is 0 Å². The van der Waals surface area contributed by atoms with Gasteiger partial charge < -0.3 is 19.5 Å². The number of benzene rings is 2. The van der Waals surface area contributed by atoms with Gasteiger partial charge in [-0.15, -0.1) is 0 Å². The number of amides is 1. The number of carbonyl (C=O) groups is 1. The molecule has 0 bridgehead atoms. The van der Waals surface area contributed by atoms with Gasteiger partial charge in [0, 0.05) is 0 Å². The Bertz CT molecular complexity index is 749. The van der Waals surface area contributed by atoms with Crippen LogP contribution < -0.4 is 19.5 Å². The van der Waals surface area contributed by atoms with Gasteiger partial charge in [-0.05, 0) is 30.7 Å². The molecule has 0 saturated heterocycles. The number of alkyl halides is 2. The number of hydrogen-bond donors (Lipinski definition) is 1. The Morgan fingerprint density at radius 2 is 2.00 bits per heavy atom. The molecule has 0 aliphatic carbocycles. The number of rotatable bonds is 4. The molecule has 2 aromatic rings. The highest BCUT2D eigenvalue weighted by atomic mass is 19.3. The molecule has 23 heavy (non-hydrogen) atoms. The summed E-state index contributed by atoms with van der Waals surface area (Å²) in [5.74, 6) is 0.195. The third-order valence-electron chi connectivity index (χ3n) is 3.33. The van der Waals surface area contributed by atoms with Gasteiger partial charge in [-0.2, -0.15) is 8.78 Å². The zero-order valence-electron chi connectivity index (χ0n) is 12.1. The highest BCUT2D eigenvalue weighted by molar-refractivity contribution is 6.07. The van der Waals surface area contributed by atoms with Gasteiger partial charge in [0.15, 0.2) is 11.5 Å². The lowest BCUT2D eigenvalue weighted by molar-refractivity contribution is -0.0493. The summed E-state index contributed by atoms with van der Waals surface area (Å²) >= 11 is 0. The van der Waals surface area contributed by atoms with Gasteiger partial charge in [0.05, 0.1) is 11.3 Å². The zero-order chi connectivity index (χ0) is 16.4. The Balaban J connectivity index is 1.91. The lowest BCUT2D eigenvalue weighted by atomic mass is 10.1. The van der Waals surface area contributed by atoms with Crippen LogP contribution in [-0.4, -0.2) is 19.3 Å². The van der Waals surface area contributed by atoms with E-state index in [9.17, 15) is 13.6 Å². The molecule has 0 atom stereocenters. The van der Waals surface area contributed by atoms with Gasteiger partial charge in [-0.25, -0.2) is 0 Å². The van der Waals surface area contributed by atoms with E-state index < -0.39 is 12.5 Å². The van der Waals surface area contributed by atoms with Gasteiger partial charge in [0.1, 0.15) is 5.75 Å². The number of ether oxygens (including phenoxy) is 3. The number of para-hydroxylation sites is 2. The standard InChI is InChI=1S/C16H13F2NO4/c1-9-4-2-6-11(23-16(17)18)13(9)19-15(20)10-5-3-7-12-14(10)22-8-21-12/h2-7,16H,8H2,1H3,(H,19,20). The van der Waals surface area contributed by atoms with Crippen LogP contribution in [0.3, 0.4) is 0 Å². The van der Waals surface area contributed by atoms with Crippen molar-refractivity contribution in [1.82, 2.24) is 0 Å². The Morgan fingerprint density at radius 1 is 1.22 bits per heavy atom. The summed E-state index contributed by atoms with van der Waals surface area (Å²) < 4.78 is 39.9. The van der Waals surface area contributed by atoms with E-state index >= 15 is 0 Å². The SMILES string of the molecule is Cc1cccc(OC(F)F)c1NC(=O)c1cccc2c1OCO2. The third-order valence-corrected chi connectivity index (χ3v) is 3.33. The number of fused-ring (bicyclic) bond motifs is 1. The topological polar surface area (TPSA) is 56.8 Å². The molecule has 1 heterocycles. The fourth-order valence-electron chi connectivity index (χ4n) is 2.29.